The molecule has 3 aromatic rings. The van der Waals surface area contributed by atoms with Crippen molar-refractivity contribution in [3.05, 3.63) is 84.8 Å². The van der Waals surface area contributed by atoms with Crippen LogP contribution in [0.4, 0.5) is 0 Å². The first-order valence-electron chi connectivity index (χ1n) is 10.8. The number of benzene rings is 2. The van der Waals surface area contributed by atoms with Crippen molar-refractivity contribution < 1.29 is 9.47 Å². The molecule has 1 aromatic heterocycles. The van der Waals surface area contributed by atoms with Crippen LogP contribution in [-0.4, -0.2) is 17.8 Å². The molecule has 4 rings (SSSR count). The summed E-state index contributed by atoms with van der Waals surface area (Å²) in [6.45, 7) is 4.90. The van der Waals surface area contributed by atoms with E-state index < -0.39 is 5.92 Å². The van der Waals surface area contributed by atoms with Gasteiger partial charge in [-0.3, -0.25) is 9.36 Å². The Morgan fingerprint density at radius 1 is 0.971 bits per heavy atom. The Balaban J connectivity index is 1.90. The van der Waals surface area contributed by atoms with Crippen molar-refractivity contribution in [2.75, 3.05) is 13.2 Å². The lowest BCUT2D eigenvalue weighted by molar-refractivity contribution is 0.340. The molecule has 8 heteroatoms. The number of hydrogen-bond acceptors (Lipinski definition) is 7. The van der Waals surface area contributed by atoms with Gasteiger partial charge in [0.1, 0.15) is 22.0 Å². The maximum Gasteiger partial charge on any atom is 0.274 e. The Bertz CT molecular complexity index is 1520. The van der Waals surface area contributed by atoms with Crippen LogP contribution < -0.4 is 30.0 Å². The summed E-state index contributed by atoms with van der Waals surface area (Å²) in [7, 11) is 0. The predicted molar refractivity (Wildman–Crippen MR) is 131 cm³/mol. The van der Waals surface area contributed by atoms with Crippen LogP contribution in [0.5, 0.6) is 11.5 Å². The standard InChI is InChI=1S/C26H22N4O3S/c1-3-32-18-9-5-16(6-10-18)13-22-25(31)30-24(29)20(14-27)23(21(15-28)26(30)34-22)17-7-11-19(12-8-17)33-4-2/h5-13,23H,3-4,29H2,1-2H3/b22-13-/t23-/m0/s1. The van der Waals surface area contributed by atoms with E-state index in [2.05, 4.69) is 12.1 Å². The number of rotatable bonds is 6. The number of nitrogens with two attached hydrogens (primary N) is 1. The van der Waals surface area contributed by atoms with E-state index in [0.717, 1.165) is 16.9 Å². The number of aromatic nitrogens is 1. The van der Waals surface area contributed by atoms with Gasteiger partial charge in [-0.05, 0) is 55.3 Å². The lowest BCUT2D eigenvalue weighted by atomic mass is 9.84. The molecule has 170 valence electrons. The SMILES string of the molecule is CCOc1ccc(/C=c2\sc3n(c2=O)C(N)=C(C#N)[C@H](c2ccc(OCC)cc2)C=3C#N)cc1. The number of hydrogen-bond donors (Lipinski definition) is 1. The smallest absolute Gasteiger partial charge is 0.274 e. The molecule has 1 aliphatic heterocycles. The summed E-state index contributed by atoms with van der Waals surface area (Å²) in [6.07, 6.45) is 1.74. The van der Waals surface area contributed by atoms with E-state index in [1.165, 1.54) is 15.9 Å². The van der Waals surface area contributed by atoms with Gasteiger partial charge in [-0.2, -0.15) is 10.5 Å². The maximum atomic E-state index is 13.2. The molecule has 0 radical (unpaired) electrons. The maximum absolute atomic E-state index is 13.2. The van der Waals surface area contributed by atoms with Gasteiger partial charge in [-0.15, -0.1) is 11.3 Å². The molecule has 1 aliphatic rings. The fourth-order valence-electron chi connectivity index (χ4n) is 3.89. The van der Waals surface area contributed by atoms with Gasteiger partial charge in [0, 0.05) is 0 Å². The van der Waals surface area contributed by atoms with Gasteiger partial charge in [-0.1, -0.05) is 24.3 Å². The molecule has 0 amide bonds. The third-order valence-corrected chi connectivity index (χ3v) is 6.51. The van der Waals surface area contributed by atoms with Crippen molar-refractivity contribution >= 4 is 28.8 Å². The zero-order valence-electron chi connectivity index (χ0n) is 18.7. The highest BCUT2D eigenvalue weighted by Crippen LogP contribution is 2.36. The highest BCUT2D eigenvalue weighted by Gasteiger charge is 2.32. The first-order chi connectivity index (χ1) is 16.5. The summed E-state index contributed by atoms with van der Waals surface area (Å²) in [5, 5.41) is 20.0. The second-order valence-corrected chi connectivity index (χ2v) is 8.46. The zero-order chi connectivity index (χ0) is 24.2. The topological polar surface area (TPSA) is 114 Å². The van der Waals surface area contributed by atoms with Crippen LogP contribution in [0.3, 0.4) is 0 Å². The Labute approximate surface area is 200 Å². The largest absolute Gasteiger partial charge is 0.494 e. The molecule has 0 saturated carbocycles. The van der Waals surface area contributed by atoms with Gasteiger partial charge in [0.05, 0.1) is 46.9 Å². The summed E-state index contributed by atoms with van der Waals surface area (Å²) < 4.78 is 13.1. The molecule has 0 aliphatic carbocycles. The Morgan fingerprint density at radius 3 is 2.06 bits per heavy atom. The molecule has 0 saturated heterocycles. The predicted octanol–water partition coefficient (Wildman–Crippen LogP) is 2.66. The van der Waals surface area contributed by atoms with Crippen molar-refractivity contribution in [2.45, 2.75) is 19.8 Å². The van der Waals surface area contributed by atoms with Crippen molar-refractivity contribution in [1.29, 1.82) is 10.5 Å². The molecule has 2 aromatic carbocycles. The third-order valence-electron chi connectivity index (χ3n) is 5.40. The van der Waals surface area contributed by atoms with Crippen LogP contribution in [0.1, 0.15) is 30.9 Å². The zero-order valence-corrected chi connectivity index (χ0v) is 19.6. The average Bonchev–Trinajstić information content (AvgIpc) is 3.17. The van der Waals surface area contributed by atoms with Crippen molar-refractivity contribution in [3.63, 3.8) is 0 Å². The molecule has 0 fully saturated rings. The lowest BCUT2D eigenvalue weighted by Crippen LogP contribution is -2.38. The quantitative estimate of drug-likeness (QED) is 0.592. The van der Waals surface area contributed by atoms with E-state index in [1.807, 2.05) is 50.2 Å². The molecule has 0 bridgehead atoms. The second kappa shape index (κ2) is 9.70. The number of fused-ring (bicyclic) bond motifs is 1. The van der Waals surface area contributed by atoms with Crippen LogP contribution >= 0.6 is 11.3 Å². The third kappa shape index (κ3) is 4.07. The van der Waals surface area contributed by atoms with Crippen molar-refractivity contribution in [2.24, 2.45) is 5.73 Å². The molecule has 7 nitrogen and oxygen atoms in total. The minimum atomic E-state index is -0.665. The minimum Gasteiger partial charge on any atom is -0.494 e. The van der Waals surface area contributed by atoms with Gasteiger partial charge in [0.25, 0.3) is 5.56 Å². The van der Waals surface area contributed by atoms with Crippen molar-refractivity contribution in [1.82, 2.24) is 4.57 Å². The fraction of sp³-hybridized carbons (Fsp3) is 0.192. The number of allylic oxidation sites excluding steroid dienone is 1. The Morgan fingerprint density at radius 2 is 1.53 bits per heavy atom. The van der Waals surface area contributed by atoms with E-state index in [0.29, 0.717) is 33.7 Å². The second-order valence-electron chi connectivity index (χ2n) is 7.43. The number of thiazole rings is 1. The van der Waals surface area contributed by atoms with E-state index in [9.17, 15) is 15.3 Å². The summed E-state index contributed by atoms with van der Waals surface area (Å²) in [6, 6.07) is 18.9. The highest BCUT2D eigenvalue weighted by atomic mass is 32.1. The molecular weight excluding hydrogens is 448 g/mol. The van der Waals surface area contributed by atoms with E-state index in [4.69, 9.17) is 15.2 Å². The summed E-state index contributed by atoms with van der Waals surface area (Å²) in [4.78, 5) is 13.2. The highest BCUT2D eigenvalue weighted by molar-refractivity contribution is 7.07. The minimum absolute atomic E-state index is 0.0444. The van der Waals surface area contributed by atoms with Crippen LogP contribution in [-0.2, 0) is 0 Å². The lowest BCUT2D eigenvalue weighted by Gasteiger charge is -2.22. The monoisotopic (exact) mass is 470 g/mol. The summed E-state index contributed by atoms with van der Waals surface area (Å²) in [5.74, 6) is 0.812. The molecule has 0 spiro atoms. The Hall–Kier alpha value is -4.27. The molecule has 2 heterocycles. The first-order valence-corrected chi connectivity index (χ1v) is 11.6. The summed E-state index contributed by atoms with van der Waals surface area (Å²) >= 11 is 1.19. The molecule has 1 atom stereocenters. The molecular formula is C26H22N4O3S. The number of nitrogens with zero attached hydrogens (tertiary/aromatic N) is 3. The van der Waals surface area contributed by atoms with Crippen LogP contribution in [0.25, 0.3) is 17.5 Å². The van der Waals surface area contributed by atoms with Gasteiger partial charge < -0.3 is 15.2 Å². The van der Waals surface area contributed by atoms with Gasteiger partial charge in [-0.25, -0.2) is 0 Å². The summed E-state index contributed by atoms with van der Waals surface area (Å²) in [5.41, 5.74) is 7.98. The van der Waals surface area contributed by atoms with Crippen LogP contribution in [0, 0.1) is 22.7 Å². The normalized spacial score (nSPS) is 15.5. The van der Waals surface area contributed by atoms with Crippen molar-refractivity contribution in [3.8, 4) is 23.6 Å². The van der Waals surface area contributed by atoms with Gasteiger partial charge >= 0.3 is 0 Å². The Kier molecular flexibility index (Phi) is 6.53. The number of ether oxygens (including phenoxy) is 2. The van der Waals surface area contributed by atoms with Gasteiger partial charge in [0.2, 0.25) is 0 Å². The van der Waals surface area contributed by atoms with Crippen LogP contribution in [0.2, 0.25) is 0 Å². The van der Waals surface area contributed by atoms with E-state index in [-0.39, 0.29) is 17.0 Å². The fourth-order valence-corrected chi connectivity index (χ4v) is 5.01. The number of nitriles is 2. The molecule has 34 heavy (non-hydrogen) atoms. The van der Waals surface area contributed by atoms with Crippen LogP contribution in [0.15, 0.2) is 58.9 Å². The molecule has 0 unspecified atom stereocenters. The molecule has 2 N–H and O–H groups in total. The average molecular weight is 471 g/mol. The van der Waals surface area contributed by atoms with E-state index in [1.54, 1.807) is 18.2 Å². The van der Waals surface area contributed by atoms with E-state index >= 15 is 0 Å². The first kappa shape index (κ1) is 22.9. The van der Waals surface area contributed by atoms with Gasteiger partial charge in [0.15, 0.2) is 0 Å².